The molecule has 0 aliphatic rings. The third-order valence-corrected chi connectivity index (χ3v) is 5.50. The van der Waals surface area contributed by atoms with Crippen LogP contribution in [0, 0.1) is 26.2 Å². The first-order chi connectivity index (χ1) is 16.9. The molecule has 0 spiro atoms. The van der Waals surface area contributed by atoms with Crippen molar-refractivity contribution in [1.82, 2.24) is 10.2 Å². The lowest BCUT2D eigenvalue weighted by Gasteiger charge is -2.34. The van der Waals surface area contributed by atoms with Crippen LogP contribution < -0.4 is 10.6 Å². The predicted octanol–water partition coefficient (Wildman–Crippen LogP) is 3.70. The molecule has 8 nitrogen and oxygen atoms in total. The quantitative estimate of drug-likeness (QED) is 0.486. The van der Waals surface area contributed by atoms with Crippen LogP contribution in [0.3, 0.4) is 0 Å². The van der Waals surface area contributed by atoms with Crippen molar-refractivity contribution in [3.8, 4) is 12.3 Å². The van der Waals surface area contributed by atoms with Crippen molar-refractivity contribution in [2.24, 2.45) is 0 Å². The van der Waals surface area contributed by atoms with E-state index in [0.29, 0.717) is 16.8 Å². The van der Waals surface area contributed by atoms with Gasteiger partial charge in [-0.25, -0.2) is 4.79 Å². The average molecular weight is 494 g/mol. The fraction of sp³-hybridized carbons (Fsp3) is 0.393. The van der Waals surface area contributed by atoms with Crippen molar-refractivity contribution in [2.75, 3.05) is 18.5 Å². The van der Waals surface area contributed by atoms with Gasteiger partial charge < -0.3 is 25.4 Å². The number of hydrogen-bond donors (Lipinski definition) is 3. The third kappa shape index (κ3) is 7.09. The summed E-state index contributed by atoms with van der Waals surface area (Å²) in [6, 6.07) is 10.1. The van der Waals surface area contributed by atoms with E-state index in [9.17, 15) is 19.5 Å². The van der Waals surface area contributed by atoms with Crippen LogP contribution in [0.1, 0.15) is 56.0 Å². The Bertz CT molecular complexity index is 1130. The smallest absolute Gasteiger partial charge is 0.408 e. The largest absolute Gasteiger partial charge is 0.444 e. The average Bonchev–Trinajstić information content (AvgIpc) is 2.81. The van der Waals surface area contributed by atoms with Gasteiger partial charge in [0.2, 0.25) is 5.91 Å². The molecule has 0 radical (unpaired) electrons. The van der Waals surface area contributed by atoms with Gasteiger partial charge in [0.25, 0.3) is 5.91 Å². The fourth-order valence-electron chi connectivity index (χ4n) is 3.82. The number of para-hydroxylation sites is 1. The van der Waals surface area contributed by atoms with Crippen LogP contribution in [0.2, 0.25) is 0 Å². The summed E-state index contributed by atoms with van der Waals surface area (Å²) in [6.07, 6.45) is 4.86. The number of amides is 3. The van der Waals surface area contributed by atoms with E-state index in [1.54, 1.807) is 52.0 Å². The van der Waals surface area contributed by atoms with E-state index in [0.717, 1.165) is 11.1 Å². The van der Waals surface area contributed by atoms with Gasteiger partial charge in [0.15, 0.2) is 0 Å². The Morgan fingerprint density at radius 2 is 1.69 bits per heavy atom. The SMILES string of the molecule is C#Cc1ccccc1C(C(=O)Nc1c(C)cccc1C)N(CC)C(=O)C(CO)NC(=O)OC(C)(C)C. The van der Waals surface area contributed by atoms with Crippen LogP contribution >= 0.6 is 0 Å². The highest BCUT2D eigenvalue weighted by atomic mass is 16.6. The molecule has 36 heavy (non-hydrogen) atoms. The third-order valence-electron chi connectivity index (χ3n) is 5.50. The van der Waals surface area contributed by atoms with Crippen molar-refractivity contribution >= 4 is 23.6 Å². The van der Waals surface area contributed by atoms with Crippen molar-refractivity contribution in [3.63, 3.8) is 0 Å². The van der Waals surface area contributed by atoms with Crippen LogP contribution in [-0.4, -0.2) is 52.7 Å². The number of carbonyl (C=O) groups excluding carboxylic acids is 3. The minimum Gasteiger partial charge on any atom is -0.444 e. The fourth-order valence-corrected chi connectivity index (χ4v) is 3.82. The summed E-state index contributed by atoms with van der Waals surface area (Å²) in [7, 11) is 0. The van der Waals surface area contributed by atoms with Gasteiger partial charge in [-0.05, 0) is 64.3 Å². The van der Waals surface area contributed by atoms with Gasteiger partial charge in [-0.15, -0.1) is 6.42 Å². The normalized spacial score (nSPS) is 12.6. The Morgan fingerprint density at radius 3 is 2.22 bits per heavy atom. The lowest BCUT2D eigenvalue weighted by atomic mass is 9.97. The number of ether oxygens (including phenoxy) is 1. The molecule has 2 unspecified atom stereocenters. The molecule has 2 atom stereocenters. The van der Waals surface area contributed by atoms with Gasteiger partial charge in [0.05, 0.1) is 6.61 Å². The Hall–Kier alpha value is -3.83. The minimum atomic E-state index is -1.33. The monoisotopic (exact) mass is 493 g/mol. The highest BCUT2D eigenvalue weighted by Gasteiger charge is 2.36. The summed E-state index contributed by atoms with van der Waals surface area (Å²) in [5.74, 6) is 1.45. The number of hydrogen-bond acceptors (Lipinski definition) is 5. The maximum atomic E-state index is 13.8. The minimum absolute atomic E-state index is 0.106. The zero-order valence-corrected chi connectivity index (χ0v) is 21.7. The molecular weight excluding hydrogens is 458 g/mol. The van der Waals surface area contributed by atoms with Gasteiger partial charge in [0, 0.05) is 17.8 Å². The van der Waals surface area contributed by atoms with E-state index in [2.05, 4.69) is 16.6 Å². The molecule has 8 heteroatoms. The molecule has 0 aromatic heterocycles. The number of nitrogens with zero attached hydrogens (tertiary/aromatic N) is 1. The Kier molecular flexibility index (Phi) is 9.65. The molecule has 0 saturated heterocycles. The molecule has 0 heterocycles. The highest BCUT2D eigenvalue weighted by Crippen LogP contribution is 2.28. The molecule has 2 rings (SSSR count). The molecule has 3 N–H and O–H groups in total. The van der Waals surface area contributed by atoms with Crippen molar-refractivity contribution in [3.05, 3.63) is 64.7 Å². The van der Waals surface area contributed by atoms with Gasteiger partial charge >= 0.3 is 6.09 Å². The molecule has 3 amide bonds. The lowest BCUT2D eigenvalue weighted by Crippen LogP contribution is -2.53. The van der Waals surface area contributed by atoms with Crippen molar-refractivity contribution in [2.45, 2.75) is 59.2 Å². The molecule has 0 fully saturated rings. The van der Waals surface area contributed by atoms with E-state index in [1.807, 2.05) is 32.0 Å². The summed E-state index contributed by atoms with van der Waals surface area (Å²) < 4.78 is 5.23. The Labute approximate surface area is 213 Å². The van der Waals surface area contributed by atoms with Crippen LogP contribution in [0.25, 0.3) is 0 Å². The van der Waals surface area contributed by atoms with E-state index >= 15 is 0 Å². The highest BCUT2D eigenvalue weighted by molar-refractivity contribution is 6.00. The Morgan fingerprint density at radius 1 is 1.08 bits per heavy atom. The number of rotatable bonds is 8. The standard InChI is InChI=1S/C28H35N3O5/c1-8-20-15-10-11-16-21(20)24(25(33)30-23-18(3)13-12-14-19(23)4)31(9-2)26(34)22(17-32)29-27(35)36-28(5,6)7/h1,10-16,22,24,32H,9,17H2,2-7H3,(H,29,35)(H,30,33). The molecule has 0 aliphatic heterocycles. The number of terminal acetylenes is 1. The molecule has 0 bridgehead atoms. The number of benzene rings is 2. The molecular formula is C28H35N3O5. The van der Waals surface area contributed by atoms with Crippen LogP contribution in [-0.2, 0) is 14.3 Å². The number of nitrogens with one attached hydrogen (secondary N) is 2. The number of aliphatic hydroxyl groups excluding tert-OH is 1. The number of carbonyl (C=O) groups is 3. The number of anilines is 1. The van der Waals surface area contributed by atoms with Gasteiger partial charge in [-0.3, -0.25) is 9.59 Å². The molecule has 2 aromatic rings. The lowest BCUT2D eigenvalue weighted by molar-refractivity contribution is -0.141. The van der Waals surface area contributed by atoms with Gasteiger partial charge in [-0.1, -0.05) is 42.3 Å². The molecule has 192 valence electrons. The topological polar surface area (TPSA) is 108 Å². The van der Waals surface area contributed by atoms with Crippen molar-refractivity contribution < 1.29 is 24.2 Å². The van der Waals surface area contributed by atoms with Crippen LogP contribution in [0.4, 0.5) is 10.5 Å². The van der Waals surface area contributed by atoms with Crippen molar-refractivity contribution in [1.29, 1.82) is 0 Å². The molecule has 0 saturated carbocycles. The van der Waals surface area contributed by atoms with E-state index < -0.39 is 42.2 Å². The first kappa shape index (κ1) is 28.4. The summed E-state index contributed by atoms with van der Waals surface area (Å²) in [5, 5.41) is 15.3. The summed E-state index contributed by atoms with van der Waals surface area (Å²) in [6.45, 7) is 9.94. The maximum Gasteiger partial charge on any atom is 0.408 e. The summed E-state index contributed by atoms with van der Waals surface area (Å²) in [5.41, 5.74) is 2.47. The zero-order chi connectivity index (χ0) is 27.0. The van der Waals surface area contributed by atoms with Gasteiger partial charge in [0.1, 0.15) is 17.7 Å². The van der Waals surface area contributed by atoms with Crippen LogP contribution in [0.15, 0.2) is 42.5 Å². The zero-order valence-electron chi connectivity index (χ0n) is 21.7. The number of alkyl carbamates (subject to hydrolysis) is 1. The second kappa shape index (κ2) is 12.2. The number of likely N-dealkylation sites (N-methyl/N-ethyl adjacent to an activating group) is 1. The van der Waals surface area contributed by atoms with E-state index in [-0.39, 0.29) is 6.54 Å². The van der Waals surface area contributed by atoms with Gasteiger partial charge in [-0.2, -0.15) is 0 Å². The van der Waals surface area contributed by atoms with Crippen LogP contribution in [0.5, 0.6) is 0 Å². The van der Waals surface area contributed by atoms with E-state index in [1.165, 1.54) is 4.90 Å². The number of aryl methyl sites for hydroxylation is 2. The Balaban J connectivity index is 2.50. The second-order valence-electron chi connectivity index (χ2n) is 9.40. The first-order valence-electron chi connectivity index (χ1n) is 11.8. The summed E-state index contributed by atoms with van der Waals surface area (Å²) in [4.78, 5) is 40.9. The molecule has 0 aliphatic carbocycles. The second-order valence-corrected chi connectivity index (χ2v) is 9.40. The molecule has 2 aromatic carbocycles. The maximum absolute atomic E-state index is 13.8. The number of aliphatic hydroxyl groups is 1. The van der Waals surface area contributed by atoms with E-state index in [4.69, 9.17) is 11.2 Å². The first-order valence-corrected chi connectivity index (χ1v) is 11.8. The summed E-state index contributed by atoms with van der Waals surface area (Å²) >= 11 is 0. The predicted molar refractivity (Wildman–Crippen MR) is 139 cm³/mol.